The molecule has 0 heterocycles. The van der Waals surface area contributed by atoms with Gasteiger partial charge in [-0.25, -0.2) is 0 Å². The number of carbonyl (C=O) groups excluding carboxylic acids is 1. The normalized spacial score (nSPS) is 10.0. The van der Waals surface area contributed by atoms with Crippen LogP contribution < -0.4 is 14.8 Å². The van der Waals surface area contributed by atoms with E-state index in [4.69, 9.17) is 9.47 Å². The zero-order valence-electron chi connectivity index (χ0n) is 12.7. The average molecular weight is 299 g/mol. The van der Waals surface area contributed by atoms with Gasteiger partial charge in [-0.1, -0.05) is 42.5 Å². The van der Waals surface area contributed by atoms with Crippen molar-refractivity contribution >= 4 is 5.91 Å². The van der Waals surface area contributed by atoms with Gasteiger partial charge in [0.1, 0.15) is 0 Å². The highest BCUT2D eigenvalue weighted by atomic mass is 16.5. The molecule has 22 heavy (non-hydrogen) atoms. The number of para-hydroxylation sites is 2. The Morgan fingerprint density at radius 1 is 1.00 bits per heavy atom. The van der Waals surface area contributed by atoms with Gasteiger partial charge in [0.2, 0.25) is 5.91 Å². The number of methoxy groups -OCH3 is 1. The van der Waals surface area contributed by atoms with Gasteiger partial charge >= 0.3 is 0 Å². The highest BCUT2D eigenvalue weighted by Gasteiger charge is 2.04. The highest BCUT2D eigenvalue weighted by Crippen LogP contribution is 2.25. The Labute approximate surface area is 131 Å². The summed E-state index contributed by atoms with van der Waals surface area (Å²) in [5, 5.41) is 2.90. The zero-order valence-corrected chi connectivity index (χ0v) is 12.7. The van der Waals surface area contributed by atoms with Gasteiger partial charge in [0.15, 0.2) is 11.5 Å². The summed E-state index contributed by atoms with van der Waals surface area (Å²) in [4.78, 5) is 11.8. The van der Waals surface area contributed by atoms with E-state index >= 15 is 0 Å². The van der Waals surface area contributed by atoms with Crippen molar-refractivity contribution in [2.24, 2.45) is 0 Å². The second kappa shape index (κ2) is 8.72. The Morgan fingerprint density at radius 3 is 2.41 bits per heavy atom. The molecule has 0 aliphatic rings. The minimum Gasteiger partial charge on any atom is -0.493 e. The van der Waals surface area contributed by atoms with Crippen LogP contribution in [0.15, 0.2) is 54.6 Å². The molecule has 0 saturated carbocycles. The third-order valence-corrected chi connectivity index (χ3v) is 3.21. The summed E-state index contributed by atoms with van der Waals surface area (Å²) in [5.74, 6) is 1.44. The predicted octanol–water partition coefficient (Wildman–Crippen LogP) is 3.17. The maximum absolute atomic E-state index is 11.8. The van der Waals surface area contributed by atoms with Crippen LogP contribution in [0.2, 0.25) is 0 Å². The lowest BCUT2D eigenvalue weighted by Crippen LogP contribution is -2.22. The molecule has 0 saturated heterocycles. The summed E-state index contributed by atoms with van der Waals surface area (Å²) >= 11 is 0. The van der Waals surface area contributed by atoms with E-state index in [1.165, 1.54) is 0 Å². The minimum atomic E-state index is 0.0347. The van der Waals surface area contributed by atoms with Crippen molar-refractivity contribution in [1.29, 1.82) is 0 Å². The fraction of sp³-hybridized carbons (Fsp3) is 0.278. The number of carbonyl (C=O) groups is 1. The molecule has 0 spiro atoms. The van der Waals surface area contributed by atoms with Gasteiger partial charge in [0.25, 0.3) is 0 Å². The summed E-state index contributed by atoms with van der Waals surface area (Å²) in [6, 6.07) is 17.4. The Kier molecular flexibility index (Phi) is 6.30. The second-order valence-electron chi connectivity index (χ2n) is 4.87. The first-order valence-electron chi connectivity index (χ1n) is 7.36. The lowest BCUT2D eigenvalue weighted by atomic mass is 10.2. The summed E-state index contributed by atoms with van der Waals surface area (Å²) in [7, 11) is 1.61. The molecule has 1 N–H and O–H groups in total. The summed E-state index contributed by atoms with van der Waals surface area (Å²) < 4.78 is 10.8. The van der Waals surface area contributed by atoms with Crippen LogP contribution in [0.3, 0.4) is 0 Å². The van der Waals surface area contributed by atoms with Crippen LogP contribution in [0.5, 0.6) is 11.5 Å². The van der Waals surface area contributed by atoms with Crippen molar-refractivity contribution in [1.82, 2.24) is 5.32 Å². The summed E-state index contributed by atoms with van der Waals surface area (Å²) in [5.41, 5.74) is 1.10. The molecule has 0 fully saturated rings. The van der Waals surface area contributed by atoms with Crippen molar-refractivity contribution in [3.8, 4) is 11.5 Å². The molecule has 0 unspecified atom stereocenters. The van der Waals surface area contributed by atoms with Gasteiger partial charge in [-0.05, 0) is 24.1 Å². The molecule has 2 aromatic carbocycles. The van der Waals surface area contributed by atoms with Crippen molar-refractivity contribution in [2.45, 2.75) is 19.4 Å². The maximum atomic E-state index is 11.8. The largest absolute Gasteiger partial charge is 0.493 e. The van der Waals surface area contributed by atoms with Crippen molar-refractivity contribution in [3.05, 3.63) is 60.2 Å². The Bertz CT molecular complexity index is 584. The van der Waals surface area contributed by atoms with Gasteiger partial charge in [0.05, 0.1) is 13.7 Å². The zero-order chi connectivity index (χ0) is 15.6. The SMILES string of the molecule is COc1ccccc1OCCCC(=O)NCc1ccccc1. The van der Waals surface area contributed by atoms with Crippen LogP contribution >= 0.6 is 0 Å². The van der Waals surface area contributed by atoms with E-state index in [2.05, 4.69) is 5.32 Å². The number of rotatable bonds is 8. The first-order chi connectivity index (χ1) is 10.8. The summed E-state index contributed by atoms with van der Waals surface area (Å²) in [6.07, 6.45) is 1.11. The van der Waals surface area contributed by atoms with Crippen molar-refractivity contribution in [2.75, 3.05) is 13.7 Å². The molecular formula is C18H21NO3. The number of ether oxygens (including phenoxy) is 2. The second-order valence-corrected chi connectivity index (χ2v) is 4.87. The highest BCUT2D eigenvalue weighted by molar-refractivity contribution is 5.75. The Morgan fingerprint density at radius 2 is 1.68 bits per heavy atom. The van der Waals surface area contributed by atoms with Gasteiger partial charge in [-0.15, -0.1) is 0 Å². The van der Waals surface area contributed by atoms with E-state index in [1.807, 2.05) is 54.6 Å². The van der Waals surface area contributed by atoms with Gasteiger partial charge < -0.3 is 14.8 Å². The van der Waals surface area contributed by atoms with Gasteiger partial charge in [-0.2, -0.15) is 0 Å². The first kappa shape index (κ1) is 15.9. The van der Waals surface area contributed by atoms with E-state index in [0.29, 0.717) is 37.5 Å². The number of hydrogen-bond acceptors (Lipinski definition) is 3. The molecule has 1 amide bonds. The van der Waals surface area contributed by atoms with Crippen LogP contribution in [0.1, 0.15) is 18.4 Å². The van der Waals surface area contributed by atoms with Crippen LogP contribution in [0.4, 0.5) is 0 Å². The molecule has 4 nitrogen and oxygen atoms in total. The van der Waals surface area contributed by atoms with Gasteiger partial charge in [-0.3, -0.25) is 4.79 Å². The standard InChI is InChI=1S/C18H21NO3/c1-21-16-10-5-6-11-17(16)22-13-7-12-18(20)19-14-15-8-3-2-4-9-15/h2-6,8-11H,7,12-14H2,1H3,(H,19,20). The molecule has 0 aliphatic heterocycles. The molecule has 0 aliphatic carbocycles. The van der Waals surface area contributed by atoms with E-state index < -0.39 is 0 Å². The van der Waals surface area contributed by atoms with Crippen LogP contribution in [0, 0.1) is 0 Å². The fourth-order valence-electron chi connectivity index (χ4n) is 2.04. The van der Waals surface area contributed by atoms with E-state index in [-0.39, 0.29) is 5.91 Å². The van der Waals surface area contributed by atoms with E-state index in [1.54, 1.807) is 7.11 Å². The Hall–Kier alpha value is -2.49. The van der Waals surface area contributed by atoms with Crippen molar-refractivity contribution in [3.63, 3.8) is 0 Å². The Balaban J connectivity index is 1.65. The first-order valence-corrected chi connectivity index (χ1v) is 7.36. The molecule has 4 heteroatoms. The smallest absolute Gasteiger partial charge is 0.220 e. The number of nitrogens with one attached hydrogen (secondary N) is 1. The monoisotopic (exact) mass is 299 g/mol. The quantitative estimate of drug-likeness (QED) is 0.762. The molecule has 2 rings (SSSR count). The number of benzene rings is 2. The molecular weight excluding hydrogens is 278 g/mol. The van der Waals surface area contributed by atoms with Crippen LogP contribution in [-0.2, 0) is 11.3 Å². The van der Waals surface area contributed by atoms with E-state index in [0.717, 1.165) is 5.56 Å². The molecule has 0 aromatic heterocycles. The molecule has 116 valence electrons. The van der Waals surface area contributed by atoms with E-state index in [9.17, 15) is 4.79 Å². The maximum Gasteiger partial charge on any atom is 0.220 e. The summed E-state index contributed by atoms with van der Waals surface area (Å²) in [6.45, 7) is 1.05. The van der Waals surface area contributed by atoms with Gasteiger partial charge in [0, 0.05) is 13.0 Å². The number of amides is 1. The lowest BCUT2D eigenvalue weighted by molar-refractivity contribution is -0.121. The average Bonchev–Trinajstić information content (AvgIpc) is 2.58. The fourth-order valence-corrected chi connectivity index (χ4v) is 2.04. The minimum absolute atomic E-state index is 0.0347. The third-order valence-electron chi connectivity index (χ3n) is 3.21. The van der Waals surface area contributed by atoms with Crippen molar-refractivity contribution < 1.29 is 14.3 Å². The molecule has 0 radical (unpaired) electrons. The molecule has 0 bridgehead atoms. The van der Waals surface area contributed by atoms with Crippen LogP contribution in [-0.4, -0.2) is 19.6 Å². The third kappa shape index (κ3) is 5.13. The molecule has 0 atom stereocenters. The number of hydrogen-bond donors (Lipinski definition) is 1. The lowest BCUT2D eigenvalue weighted by Gasteiger charge is -2.10. The van der Waals surface area contributed by atoms with Crippen LogP contribution in [0.25, 0.3) is 0 Å². The topological polar surface area (TPSA) is 47.6 Å². The molecule has 2 aromatic rings. The predicted molar refractivity (Wildman–Crippen MR) is 86.0 cm³/mol.